The van der Waals surface area contributed by atoms with Crippen molar-refractivity contribution in [2.45, 2.75) is 25.0 Å². The third-order valence-electron chi connectivity index (χ3n) is 2.33. The molecule has 16 heavy (non-hydrogen) atoms. The molecule has 0 aliphatic carbocycles. The van der Waals surface area contributed by atoms with E-state index >= 15 is 0 Å². The van der Waals surface area contributed by atoms with E-state index in [4.69, 9.17) is 4.74 Å². The van der Waals surface area contributed by atoms with Crippen molar-refractivity contribution >= 4 is 16.0 Å². The fraction of sp³-hybridized carbons (Fsp3) is 0.889. The zero-order chi connectivity index (χ0) is 12.0. The smallest absolute Gasteiger partial charge is 0.320 e. The number of rotatable bonds is 5. The molecule has 1 aliphatic rings. The summed E-state index contributed by atoms with van der Waals surface area (Å²) >= 11 is 0. The van der Waals surface area contributed by atoms with Crippen LogP contribution in [0.4, 0.5) is 0 Å². The number of nitrogens with one attached hydrogen (secondary N) is 1. The van der Waals surface area contributed by atoms with Crippen molar-refractivity contribution in [3.05, 3.63) is 0 Å². The third kappa shape index (κ3) is 4.07. The van der Waals surface area contributed by atoms with Crippen molar-refractivity contribution in [3.63, 3.8) is 0 Å². The maximum Gasteiger partial charge on any atom is 0.320 e. The Kier molecular flexibility index (Phi) is 5.17. The van der Waals surface area contributed by atoms with Gasteiger partial charge in [-0.15, -0.1) is 0 Å². The minimum absolute atomic E-state index is 0.248. The van der Waals surface area contributed by atoms with Crippen molar-refractivity contribution in [2.75, 3.05) is 26.4 Å². The van der Waals surface area contributed by atoms with Gasteiger partial charge in [-0.2, -0.15) is 0 Å². The molecule has 1 saturated heterocycles. The zero-order valence-electron chi connectivity index (χ0n) is 9.27. The first-order valence-electron chi connectivity index (χ1n) is 5.28. The van der Waals surface area contributed by atoms with Gasteiger partial charge in [0.15, 0.2) is 0 Å². The van der Waals surface area contributed by atoms with Gasteiger partial charge in [-0.3, -0.25) is 4.79 Å². The van der Waals surface area contributed by atoms with E-state index in [1.807, 2.05) is 0 Å². The second-order valence-corrected chi connectivity index (χ2v) is 5.53. The summed E-state index contributed by atoms with van der Waals surface area (Å²) in [6, 6.07) is 0. The molecule has 0 atom stereocenters. The van der Waals surface area contributed by atoms with Gasteiger partial charge < -0.3 is 9.47 Å². The van der Waals surface area contributed by atoms with Crippen LogP contribution >= 0.6 is 0 Å². The fourth-order valence-electron chi connectivity index (χ4n) is 1.48. The average Bonchev–Trinajstić information content (AvgIpc) is 2.28. The molecular formula is C9H17NO5S. The highest BCUT2D eigenvalue weighted by Gasteiger charge is 2.27. The van der Waals surface area contributed by atoms with E-state index in [0.717, 1.165) is 0 Å². The van der Waals surface area contributed by atoms with Crippen LogP contribution in [0.15, 0.2) is 0 Å². The van der Waals surface area contributed by atoms with Gasteiger partial charge in [0.05, 0.1) is 11.9 Å². The zero-order valence-corrected chi connectivity index (χ0v) is 10.1. The van der Waals surface area contributed by atoms with E-state index in [9.17, 15) is 13.2 Å². The first kappa shape index (κ1) is 13.4. The Morgan fingerprint density at radius 2 is 2.06 bits per heavy atom. The average molecular weight is 251 g/mol. The van der Waals surface area contributed by atoms with Crippen LogP contribution in [0.5, 0.6) is 0 Å². The van der Waals surface area contributed by atoms with Crippen LogP contribution in [0.2, 0.25) is 0 Å². The van der Waals surface area contributed by atoms with Gasteiger partial charge in [0.1, 0.15) is 6.54 Å². The molecule has 0 spiro atoms. The largest absolute Gasteiger partial charge is 0.465 e. The van der Waals surface area contributed by atoms with Crippen LogP contribution in [0.25, 0.3) is 0 Å². The molecule has 1 heterocycles. The molecule has 1 aliphatic heterocycles. The van der Waals surface area contributed by atoms with Crippen molar-refractivity contribution in [3.8, 4) is 0 Å². The van der Waals surface area contributed by atoms with Crippen LogP contribution < -0.4 is 4.72 Å². The molecule has 0 aromatic rings. The minimum atomic E-state index is -3.43. The predicted octanol–water partition coefficient (Wildman–Crippen LogP) is -0.352. The van der Waals surface area contributed by atoms with Gasteiger partial charge >= 0.3 is 5.97 Å². The number of hydrogen-bond donors (Lipinski definition) is 1. The molecular weight excluding hydrogens is 234 g/mol. The van der Waals surface area contributed by atoms with E-state index in [1.165, 1.54) is 0 Å². The molecule has 0 aromatic heterocycles. The number of carbonyl (C=O) groups is 1. The van der Waals surface area contributed by atoms with Crippen LogP contribution in [0.1, 0.15) is 19.8 Å². The summed E-state index contributed by atoms with van der Waals surface area (Å²) in [4.78, 5) is 11.0. The highest BCUT2D eigenvalue weighted by atomic mass is 32.2. The van der Waals surface area contributed by atoms with E-state index < -0.39 is 21.2 Å². The molecule has 0 radical (unpaired) electrons. The molecule has 6 nitrogen and oxygen atoms in total. The lowest BCUT2D eigenvalue weighted by Crippen LogP contribution is -2.40. The Labute approximate surface area is 95.4 Å². The van der Waals surface area contributed by atoms with Gasteiger partial charge in [0.25, 0.3) is 0 Å². The number of esters is 1. The normalized spacial score (nSPS) is 18.3. The second kappa shape index (κ2) is 6.17. The Bertz CT molecular complexity index is 321. The van der Waals surface area contributed by atoms with Crippen LogP contribution in [-0.4, -0.2) is 46.0 Å². The summed E-state index contributed by atoms with van der Waals surface area (Å²) in [5.74, 6) is -0.557. The maximum absolute atomic E-state index is 11.7. The standard InChI is InChI=1S/C9H17NO5S/c1-2-15-9(11)7-10-16(12,13)8-3-5-14-6-4-8/h8,10H,2-7H2,1H3. The molecule has 0 aromatic carbocycles. The summed E-state index contributed by atoms with van der Waals surface area (Å²) in [7, 11) is -3.43. The first-order valence-corrected chi connectivity index (χ1v) is 6.82. The minimum Gasteiger partial charge on any atom is -0.465 e. The lowest BCUT2D eigenvalue weighted by Gasteiger charge is -2.22. The van der Waals surface area contributed by atoms with Gasteiger partial charge in [-0.05, 0) is 19.8 Å². The Balaban J connectivity index is 2.41. The molecule has 0 amide bonds. The second-order valence-electron chi connectivity index (χ2n) is 3.48. The summed E-state index contributed by atoms with van der Waals surface area (Å²) < 4.78 is 35.4. The molecule has 0 saturated carbocycles. The number of ether oxygens (including phenoxy) is 2. The quantitative estimate of drug-likeness (QED) is 0.675. The van der Waals surface area contributed by atoms with Gasteiger partial charge in [-0.1, -0.05) is 0 Å². The molecule has 0 bridgehead atoms. The summed E-state index contributed by atoms with van der Waals surface area (Å²) in [5, 5.41) is -0.462. The van der Waals surface area contributed by atoms with Crippen molar-refractivity contribution in [2.24, 2.45) is 0 Å². The summed E-state index contributed by atoms with van der Waals surface area (Å²) in [5.41, 5.74) is 0. The van der Waals surface area contributed by atoms with E-state index in [-0.39, 0.29) is 13.2 Å². The molecule has 1 N–H and O–H groups in total. The van der Waals surface area contributed by atoms with E-state index in [1.54, 1.807) is 6.92 Å². The molecule has 0 unspecified atom stereocenters. The van der Waals surface area contributed by atoms with Crippen LogP contribution in [-0.2, 0) is 24.3 Å². The fourth-order valence-corrected chi connectivity index (χ4v) is 2.84. The van der Waals surface area contributed by atoms with E-state index in [2.05, 4.69) is 9.46 Å². The number of sulfonamides is 1. The molecule has 1 rings (SSSR count). The lowest BCUT2D eigenvalue weighted by atomic mass is 10.2. The highest BCUT2D eigenvalue weighted by Crippen LogP contribution is 2.14. The molecule has 94 valence electrons. The number of carbonyl (C=O) groups excluding carboxylic acids is 1. The Hall–Kier alpha value is -0.660. The lowest BCUT2D eigenvalue weighted by molar-refractivity contribution is -0.141. The highest BCUT2D eigenvalue weighted by molar-refractivity contribution is 7.90. The molecule has 1 fully saturated rings. The van der Waals surface area contributed by atoms with Crippen molar-refractivity contribution < 1.29 is 22.7 Å². The van der Waals surface area contributed by atoms with Gasteiger partial charge in [0, 0.05) is 13.2 Å². The Morgan fingerprint density at radius 1 is 1.44 bits per heavy atom. The monoisotopic (exact) mass is 251 g/mol. The van der Waals surface area contributed by atoms with Gasteiger partial charge in [0.2, 0.25) is 10.0 Å². The third-order valence-corrected chi connectivity index (χ3v) is 4.23. The topological polar surface area (TPSA) is 81.7 Å². The first-order chi connectivity index (χ1) is 7.56. The van der Waals surface area contributed by atoms with Crippen molar-refractivity contribution in [1.29, 1.82) is 0 Å². The van der Waals surface area contributed by atoms with Crippen LogP contribution in [0, 0.1) is 0 Å². The Morgan fingerprint density at radius 3 is 2.62 bits per heavy atom. The van der Waals surface area contributed by atoms with Crippen LogP contribution in [0.3, 0.4) is 0 Å². The maximum atomic E-state index is 11.7. The van der Waals surface area contributed by atoms with Crippen molar-refractivity contribution in [1.82, 2.24) is 4.72 Å². The number of hydrogen-bond acceptors (Lipinski definition) is 5. The SMILES string of the molecule is CCOC(=O)CNS(=O)(=O)C1CCOCC1. The predicted molar refractivity (Wildman–Crippen MR) is 57.4 cm³/mol. The summed E-state index contributed by atoms with van der Waals surface area (Å²) in [6.07, 6.45) is 0.941. The summed E-state index contributed by atoms with van der Waals surface area (Å²) in [6.45, 7) is 2.52. The van der Waals surface area contributed by atoms with Gasteiger partial charge in [-0.25, -0.2) is 13.1 Å². The molecule has 7 heteroatoms. The van der Waals surface area contributed by atoms with E-state index in [0.29, 0.717) is 26.1 Å².